The van der Waals surface area contributed by atoms with E-state index in [1.54, 1.807) is 18.3 Å². The molecule has 0 aliphatic carbocycles. The largest absolute Gasteiger partial charge is 0.508 e. The molecule has 5 heteroatoms. The summed E-state index contributed by atoms with van der Waals surface area (Å²) >= 11 is 0. The summed E-state index contributed by atoms with van der Waals surface area (Å²) in [6.45, 7) is 1.82. The van der Waals surface area contributed by atoms with E-state index in [0.29, 0.717) is 5.56 Å². The normalized spacial score (nSPS) is 13.8. The summed E-state index contributed by atoms with van der Waals surface area (Å²) in [4.78, 5) is 13.6. The van der Waals surface area contributed by atoms with Crippen LogP contribution < -0.4 is 0 Å². The Morgan fingerprint density at radius 2 is 2.06 bits per heavy atom. The number of aryl methyl sites for hydroxylation is 1. The Morgan fingerprint density at radius 3 is 2.72 bits per heavy atom. The minimum absolute atomic E-state index is 0.245. The maximum atomic E-state index is 10.5. The minimum Gasteiger partial charge on any atom is -0.508 e. The standard InChI is InChI=1S/C13H13NO4/c1-7-8-4-5-14-10(8)3-2-9(7)11(15)6-12(16)13(17)18/h2-6,12,14-16H,1H3,(H,17,18)/b11-6-/t12-/m0/s1. The molecule has 0 fully saturated rings. The lowest BCUT2D eigenvalue weighted by molar-refractivity contribution is -0.144. The number of aliphatic carboxylic acids is 1. The van der Waals surface area contributed by atoms with Gasteiger partial charge in [0.05, 0.1) is 0 Å². The number of nitrogens with one attached hydrogen (secondary N) is 1. The number of benzene rings is 1. The van der Waals surface area contributed by atoms with Crippen LogP contribution in [0.2, 0.25) is 0 Å². The molecule has 0 bridgehead atoms. The molecule has 94 valence electrons. The van der Waals surface area contributed by atoms with Crippen LogP contribution in [-0.2, 0) is 4.79 Å². The number of hydrogen-bond donors (Lipinski definition) is 4. The number of aliphatic hydroxyl groups excluding tert-OH is 2. The van der Waals surface area contributed by atoms with Gasteiger partial charge in [0.2, 0.25) is 0 Å². The minimum atomic E-state index is -1.72. The van der Waals surface area contributed by atoms with E-state index in [1.165, 1.54) is 0 Å². The van der Waals surface area contributed by atoms with Crippen LogP contribution in [0.4, 0.5) is 0 Å². The van der Waals surface area contributed by atoms with Crippen LogP contribution in [0.5, 0.6) is 0 Å². The SMILES string of the molecule is Cc1c(/C(O)=C/[C@H](O)C(=O)O)ccc2[nH]ccc12. The first-order valence-corrected chi connectivity index (χ1v) is 5.39. The smallest absolute Gasteiger partial charge is 0.336 e. The Balaban J connectivity index is 2.47. The molecule has 0 amide bonds. The van der Waals surface area contributed by atoms with E-state index in [4.69, 9.17) is 5.11 Å². The molecule has 2 aromatic rings. The summed E-state index contributed by atoms with van der Waals surface area (Å²) < 4.78 is 0. The Hall–Kier alpha value is -2.27. The Morgan fingerprint density at radius 1 is 1.33 bits per heavy atom. The van der Waals surface area contributed by atoms with Crippen molar-refractivity contribution in [3.8, 4) is 0 Å². The summed E-state index contributed by atoms with van der Waals surface area (Å²) in [6.07, 6.45) is 0.976. The van der Waals surface area contributed by atoms with Gasteiger partial charge in [-0.3, -0.25) is 0 Å². The predicted octanol–water partition coefficient (Wildman–Crippen LogP) is 1.82. The predicted molar refractivity (Wildman–Crippen MR) is 67.3 cm³/mol. The van der Waals surface area contributed by atoms with Gasteiger partial charge in [-0.05, 0) is 36.8 Å². The Kier molecular flexibility index (Phi) is 3.08. The fraction of sp³-hybridized carbons (Fsp3) is 0.154. The summed E-state index contributed by atoms with van der Waals surface area (Å²) in [6, 6.07) is 5.33. The lowest BCUT2D eigenvalue weighted by atomic mass is 10.0. The third-order valence-electron chi connectivity index (χ3n) is 2.85. The highest BCUT2D eigenvalue weighted by molar-refractivity contribution is 5.87. The van der Waals surface area contributed by atoms with E-state index >= 15 is 0 Å². The molecule has 0 aliphatic rings. The number of rotatable bonds is 3. The molecule has 1 atom stereocenters. The van der Waals surface area contributed by atoms with Crippen molar-refractivity contribution in [1.29, 1.82) is 0 Å². The van der Waals surface area contributed by atoms with Gasteiger partial charge in [-0.25, -0.2) is 4.79 Å². The number of carboxylic acid groups (broad SMARTS) is 1. The van der Waals surface area contributed by atoms with Gasteiger partial charge in [0.1, 0.15) is 5.76 Å². The Bertz CT molecular complexity index is 627. The summed E-state index contributed by atoms with van der Waals surface area (Å²) in [5.41, 5.74) is 2.25. The first-order chi connectivity index (χ1) is 8.50. The zero-order valence-electron chi connectivity index (χ0n) is 9.71. The second-order valence-electron chi connectivity index (χ2n) is 4.01. The van der Waals surface area contributed by atoms with Crippen molar-refractivity contribution >= 4 is 22.6 Å². The monoisotopic (exact) mass is 247 g/mol. The third kappa shape index (κ3) is 2.08. The highest BCUT2D eigenvalue weighted by Gasteiger charge is 2.14. The van der Waals surface area contributed by atoms with E-state index in [2.05, 4.69) is 4.98 Å². The van der Waals surface area contributed by atoms with E-state index in [1.807, 2.05) is 13.0 Å². The number of aliphatic hydroxyl groups is 2. The zero-order valence-corrected chi connectivity index (χ0v) is 9.71. The molecular weight excluding hydrogens is 234 g/mol. The van der Waals surface area contributed by atoms with Gasteiger partial charge in [0.25, 0.3) is 0 Å². The van der Waals surface area contributed by atoms with Crippen molar-refractivity contribution in [3.63, 3.8) is 0 Å². The lowest BCUT2D eigenvalue weighted by Gasteiger charge is -2.07. The zero-order chi connectivity index (χ0) is 13.3. The van der Waals surface area contributed by atoms with Crippen molar-refractivity contribution in [3.05, 3.63) is 41.6 Å². The first-order valence-electron chi connectivity index (χ1n) is 5.39. The van der Waals surface area contributed by atoms with E-state index < -0.39 is 12.1 Å². The van der Waals surface area contributed by atoms with Gasteiger partial charge in [-0.15, -0.1) is 0 Å². The number of aromatic nitrogens is 1. The highest BCUT2D eigenvalue weighted by atomic mass is 16.4. The van der Waals surface area contributed by atoms with Gasteiger partial charge in [0, 0.05) is 22.7 Å². The Labute approximate surface area is 103 Å². The van der Waals surface area contributed by atoms with Crippen molar-refractivity contribution in [1.82, 2.24) is 4.98 Å². The molecule has 0 unspecified atom stereocenters. The molecule has 5 nitrogen and oxygen atoms in total. The maximum Gasteiger partial charge on any atom is 0.336 e. The molecule has 4 N–H and O–H groups in total. The van der Waals surface area contributed by atoms with Crippen molar-refractivity contribution in [2.24, 2.45) is 0 Å². The molecule has 0 saturated heterocycles. The average molecular weight is 247 g/mol. The number of aromatic amines is 1. The molecule has 1 aromatic carbocycles. The average Bonchev–Trinajstić information content (AvgIpc) is 2.78. The molecule has 18 heavy (non-hydrogen) atoms. The molecule has 2 rings (SSSR count). The van der Waals surface area contributed by atoms with Gasteiger partial charge in [0.15, 0.2) is 6.10 Å². The summed E-state index contributed by atoms with van der Waals surface area (Å²) in [5, 5.41) is 28.5. The fourth-order valence-electron chi connectivity index (χ4n) is 1.87. The molecule has 1 aromatic heterocycles. The number of hydrogen-bond acceptors (Lipinski definition) is 3. The van der Waals surface area contributed by atoms with Crippen molar-refractivity contribution < 1.29 is 20.1 Å². The third-order valence-corrected chi connectivity index (χ3v) is 2.85. The highest BCUT2D eigenvalue weighted by Crippen LogP contribution is 2.25. The molecule has 1 heterocycles. The van der Waals surface area contributed by atoms with Crippen molar-refractivity contribution in [2.45, 2.75) is 13.0 Å². The molecule has 0 spiro atoms. The van der Waals surface area contributed by atoms with Gasteiger partial charge >= 0.3 is 5.97 Å². The van der Waals surface area contributed by atoms with Gasteiger partial charge in [-0.1, -0.05) is 0 Å². The number of carbonyl (C=O) groups is 1. The maximum absolute atomic E-state index is 10.5. The van der Waals surface area contributed by atoms with Crippen LogP contribution in [0.25, 0.3) is 16.7 Å². The molecule has 0 saturated carbocycles. The number of H-pyrrole nitrogens is 1. The van der Waals surface area contributed by atoms with Crippen LogP contribution >= 0.6 is 0 Å². The molecular formula is C13H13NO4. The van der Waals surface area contributed by atoms with E-state index in [-0.39, 0.29) is 5.76 Å². The number of fused-ring (bicyclic) bond motifs is 1. The van der Waals surface area contributed by atoms with Crippen LogP contribution in [0.15, 0.2) is 30.5 Å². The van der Waals surface area contributed by atoms with Crippen LogP contribution in [0.3, 0.4) is 0 Å². The first kappa shape index (κ1) is 12.2. The van der Waals surface area contributed by atoms with Crippen LogP contribution in [0.1, 0.15) is 11.1 Å². The van der Waals surface area contributed by atoms with Gasteiger partial charge < -0.3 is 20.3 Å². The van der Waals surface area contributed by atoms with E-state index in [9.17, 15) is 15.0 Å². The summed E-state index contributed by atoms with van der Waals surface area (Å²) in [5.74, 6) is -1.65. The molecule has 0 aliphatic heterocycles. The van der Waals surface area contributed by atoms with Crippen LogP contribution in [0, 0.1) is 6.92 Å². The topological polar surface area (TPSA) is 93.6 Å². The lowest BCUT2D eigenvalue weighted by Crippen LogP contribution is -2.16. The van der Waals surface area contributed by atoms with E-state index in [0.717, 1.165) is 22.5 Å². The van der Waals surface area contributed by atoms with Crippen LogP contribution in [-0.4, -0.2) is 32.4 Å². The number of carboxylic acids is 1. The van der Waals surface area contributed by atoms with Crippen molar-refractivity contribution in [2.75, 3.05) is 0 Å². The van der Waals surface area contributed by atoms with Gasteiger partial charge in [-0.2, -0.15) is 0 Å². The second kappa shape index (κ2) is 4.54. The molecule has 0 radical (unpaired) electrons. The second-order valence-corrected chi connectivity index (χ2v) is 4.01. The summed E-state index contributed by atoms with van der Waals surface area (Å²) in [7, 11) is 0. The quantitative estimate of drug-likeness (QED) is 0.622. The fourth-order valence-corrected chi connectivity index (χ4v) is 1.87.